The van der Waals surface area contributed by atoms with Crippen LogP contribution >= 0.6 is 0 Å². The highest BCUT2D eigenvalue weighted by molar-refractivity contribution is 7.89. The van der Waals surface area contributed by atoms with Crippen LogP contribution in [0.25, 0.3) is 0 Å². The molecule has 1 aromatic heterocycles. The Balaban J connectivity index is 1.45. The fourth-order valence-electron chi connectivity index (χ4n) is 3.87. The second-order valence-corrected chi connectivity index (χ2v) is 9.82. The first-order valence-corrected chi connectivity index (χ1v) is 11.4. The number of piperidine rings is 1. The minimum absolute atomic E-state index is 0.0382. The van der Waals surface area contributed by atoms with E-state index in [0.29, 0.717) is 31.1 Å². The second kappa shape index (κ2) is 7.87. The lowest BCUT2D eigenvalue weighted by molar-refractivity contribution is -0.120. The number of carbonyl (C=O) groups is 1. The lowest BCUT2D eigenvalue weighted by Crippen LogP contribution is -2.43. The van der Waals surface area contributed by atoms with Crippen molar-refractivity contribution >= 4 is 21.7 Å². The number of amides is 1. The molecular weight excluding hydrogens is 395 g/mol. The van der Waals surface area contributed by atoms with E-state index in [4.69, 9.17) is 0 Å². The molecule has 7 nitrogen and oxygen atoms in total. The molecule has 2 fully saturated rings. The number of anilines is 1. The first-order chi connectivity index (χ1) is 13.9. The molecule has 4 rings (SSSR count). The van der Waals surface area contributed by atoms with Gasteiger partial charge in [-0.05, 0) is 62.8 Å². The fourth-order valence-corrected chi connectivity index (χ4v) is 5.40. The number of aromatic nitrogens is 2. The third-order valence-electron chi connectivity index (χ3n) is 5.82. The molecule has 1 N–H and O–H groups in total. The van der Waals surface area contributed by atoms with E-state index in [1.807, 2.05) is 4.68 Å². The first-order valence-electron chi connectivity index (χ1n) is 9.96. The molecule has 9 heteroatoms. The number of carbonyl (C=O) groups excluding carboxylic acids is 1. The van der Waals surface area contributed by atoms with Crippen molar-refractivity contribution in [1.29, 1.82) is 0 Å². The van der Waals surface area contributed by atoms with Crippen LogP contribution in [0, 0.1) is 17.7 Å². The van der Waals surface area contributed by atoms with Crippen LogP contribution in [0.4, 0.5) is 10.2 Å². The molecular formula is C20H25FN4O3S. The van der Waals surface area contributed by atoms with Crippen molar-refractivity contribution in [2.45, 2.75) is 43.5 Å². The van der Waals surface area contributed by atoms with Crippen LogP contribution in [0.5, 0.6) is 0 Å². The minimum Gasteiger partial charge on any atom is -0.311 e. The van der Waals surface area contributed by atoms with Gasteiger partial charge in [0.2, 0.25) is 15.9 Å². The fraction of sp³-hybridized carbons (Fsp3) is 0.500. The first kappa shape index (κ1) is 20.0. The van der Waals surface area contributed by atoms with Crippen LogP contribution in [-0.2, 0) is 14.8 Å². The van der Waals surface area contributed by atoms with Crippen molar-refractivity contribution in [2.75, 3.05) is 18.4 Å². The number of hydrogen-bond acceptors (Lipinski definition) is 4. The molecule has 1 amide bonds. The van der Waals surface area contributed by atoms with Gasteiger partial charge in [0.15, 0.2) is 0 Å². The summed E-state index contributed by atoms with van der Waals surface area (Å²) in [5.41, 5.74) is 0. The van der Waals surface area contributed by atoms with Crippen molar-refractivity contribution in [3.8, 4) is 0 Å². The molecule has 2 heterocycles. The number of sulfonamides is 1. The van der Waals surface area contributed by atoms with Gasteiger partial charge in [-0.25, -0.2) is 17.5 Å². The van der Waals surface area contributed by atoms with E-state index in [1.54, 1.807) is 12.3 Å². The van der Waals surface area contributed by atoms with E-state index in [0.717, 1.165) is 12.1 Å². The van der Waals surface area contributed by atoms with Gasteiger partial charge in [-0.3, -0.25) is 4.79 Å². The summed E-state index contributed by atoms with van der Waals surface area (Å²) in [4.78, 5) is 12.9. The molecule has 0 spiro atoms. The molecule has 2 unspecified atom stereocenters. The van der Waals surface area contributed by atoms with E-state index in [1.165, 1.54) is 29.3 Å². The Kier molecular flexibility index (Phi) is 5.44. The van der Waals surface area contributed by atoms with Crippen molar-refractivity contribution in [2.24, 2.45) is 11.8 Å². The molecule has 0 bridgehead atoms. The zero-order chi connectivity index (χ0) is 20.6. The number of benzene rings is 1. The molecule has 156 valence electrons. The van der Waals surface area contributed by atoms with Crippen molar-refractivity contribution in [1.82, 2.24) is 14.1 Å². The average Bonchev–Trinajstić information content (AvgIpc) is 3.47. The summed E-state index contributed by atoms with van der Waals surface area (Å²) in [5, 5.41) is 7.28. The molecule has 1 aromatic carbocycles. The Morgan fingerprint density at radius 1 is 1.21 bits per heavy atom. The SMILES string of the molecule is CC(C1CC1)n1nccc1NC(=O)C1CCCN(S(=O)(=O)c2ccc(F)cc2)C1. The van der Waals surface area contributed by atoms with Crippen LogP contribution in [0.15, 0.2) is 41.4 Å². The summed E-state index contributed by atoms with van der Waals surface area (Å²) in [6.45, 7) is 2.55. The highest BCUT2D eigenvalue weighted by Gasteiger charge is 2.34. The van der Waals surface area contributed by atoms with Gasteiger partial charge < -0.3 is 5.32 Å². The largest absolute Gasteiger partial charge is 0.311 e. The summed E-state index contributed by atoms with van der Waals surface area (Å²) >= 11 is 0. The Labute approximate surface area is 169 Å². The van der Waals surface area contributed by atoms with Crippen LogP contribution in [0.3, 0.4) is 0 Å². The van der Waals surface area contributed by atoms with E-state index < -0.39 is 21.8 Å². The van der Waals surface area contributed by atoms with Gasteiger partial charge in [-0.1, -0.05) is 0 Å². The van der Waals surface area contributed by atoms with Crippen LogP contribution < -0.4 is 5.32 Å². The molecule has 1 saturated heterocycles. The lowest BCUT2D eigenvalue weighted by atomic mass is 9.99. The van der Waals surface area contributed by atoms with Crippen molar-refractivity contribution in [3.63, 3.8) is 0 Å². The summed E-state index contributed by atoms with van der Waals surface area (Å²) in [5.74, 6) is 0.105. The number of halogens is 1. The van der Waals surface area contributed by atoms with Crippen molar-refractivity contribution in [3.05, 3.63) is 42.3 Å². The smallest absolute Gasteiger partial charge is 0.243 e. The molecule has 2 aliphatic rings. The summed E-state index contributed by atoms with van der Waals surface area (Å²) in [6.07, 6.45) is 5.23. The summed E-state index contributed by atoms with van der Waals surface area (Å²) in [6, 6.07) is 6.76. The summed E-state index contributed by atoms with van der Waals surface area (Å²) in [7, 11) is -3.76. The second-order valence-electron chi connectivity index (χ2n) is 7.88. The van der Waals surface area contributed by atoms with Crippen LogP contribution in [0.1, 0.15) is 38.6 Å². The Hall–Kier alpha value is -2.26. The third kappa shape index (κ3) is 4.20. The molecule has 1 saturated carbocycles. The monoisotopic (exact) mass is 420 g/mol. The van der Waals surface area contributed by atoms with Crippen LogP contribution in [-0.4, -0.2) is 41.5 Å². The minimum atomic E-state index is -3.76. The van der Waals surface area contributed by atoms with Crippen molar-refractivity contribution < 1.29 is 17.6 Å². The zero-order valence-corrected chi connectivity index (χ0v) is 17.1. The topological polar surface area (TPSA) is 84.3 Å². The number of nitrogens with zero attached hydrogens (tertiary/aromatic N) is 3. The molecule has 2 atom stereocenters. The van der Waals surface area contributed by atoms with Gasteiger partial charge in [-0.15, -0.1) is 0 Å². The maximum atomic E-state index is 13.1. The van der Waals surface area contributed by atoms with E-state index in [9.17, 15) is 17.6 Å². The Morgan fingerprint density at radius 2 is 1.93 bits per heavy atom. The lowest BCUT2D eigenvalue weighted by Gasteiger charge is -2.31. The van der Waals surface area contributed by atoms with Gasteiger partial charge in [0.1, 0.15) is 11.6 Å². The van der Waals surface area contributed by atoms with Gasteiger partial charge in [-0.2, -0.15) is 9.40 Å². The predicted octanol–water partition coefficient (Wildman–Crippen LogP) is 3.03. The molecule has 1 aliphatic heterocycles. The Bertz CT molecular complexity index is 985. The van der Waals surface area contributed by atoms with Gasteiger partial charge in [0.25, 0.3) is 0 Å². The molecule has 1 aliphatic carbocycles. The maximum Gasteiger partial charge on any atom is 0.243 e. The molecule has 0 radical (unpaired) electrons. The third-order valence-corrected chi connectivity index (χ3v) is 7.70. The number of nitrogens with one attached hydrogen (secondary N) is 1. The maximum absolute atomic E-state index is 13.1. The zero-order valence-electron chi connectivity index (χ0n) is 16.3. The van der Waals surface area contributed by atoms with E-state index in [-0.39, 0.29) is 23.4 Å². The van der Waals surface area contributed by atoms with E-state index in [2.05, 4.69) is 17.3 Å². The highest BCUT2D eigenvalue weighted by Crippen LogP contribution is 2.40. The van der Waals surface area contributed by atoms with Crippen LogP contribution in [0.2, 0.25) is 0 Å². The molecule has 29 heavy (non-hydrogen) atoms. The van der Waals surface area contributed by atoms with Gasteiger partial charge in [0, 0.05) is 19.2 Å². The standard InChI is InChI=1S/C20H25FN4O3S/c1-14(15-4-5-15)25-19(10-11-22-25)23-20(26)16-3-2-12-24(13-16)29(27,28)18-8-6-17(21)7-9-18/h6-11,14-16H,2-5,12-13H2,1H3,(H,23,26). The quantitative estimate of drug-likeness (QED) is 0.779. The number of hydrogen-bond donors (Lipinski definition) is 1. The normalized spacial score (nSPS) is 21.7. The average molecular weight is 421 g/mol. The summed E-state index contributed by atoms with van der Waals surface area (Å²) < 4.78 is 42.0. The van der Waals surface area contributed by atoms with E-state index >= 15 is 0 Å². The highest BCUT2D eigenvalue weighted by atomic mass is 32.2. The van der Waals surface area contributed by atoms with Gasteiger partial charge >= 0.3 is 0 Å². The van der Waals surface area contributed by atoms with Gasteiger partial charge in [0.05, 0.1) is 23.1 Å². The molecule has 2 aromatic rings. The number of rotatable bonds is 6. The Morgan fingerprint density at radius 3 is 2.62 bits per heavy atom. The predicted molar refractivity (Wildman–Crippen MR) is 106 cm³/mol.